The number of aryl methyl sites for hydroxylation is 1. The number of likely N-dealkylation sites (tertiary alicyclic amines) is 1. The fourth-order valence-electron chi connectivity index (χ4n) is 3.43. The van der Waals surface area contributed by atoms with Gasteiger partial charge in [-0.25, -0.2) is 0 Å². The molecule has 1 N–H and O–H groups in total. The minimum atomic E-state index is -1.29. The highest BCUT2D eigenvalue weighted by molar-refractivity contribution is 6.02. The Morgan fingerprint density at radius 2 is 2.09 bits per heavy atom. The molecule has 7 nitrogen and oxygen atoms in total. The highest BCUT2D eigenvalue weighted by Gasteiger charge is 2.48. The molecule has 124 valence electrons. The maximum atomic E-state index is 12.8. The number of hydrogen-bond acceptors (Lipinski definition) is 5. The van der Waals surface area contributed by atoms with E-state index < -0.39 is 11.4 Å². The first-order valence-electron chi connectivity index (χ1n) is 8.01. The average Bonchev–Trinajstić information content (AvgIpc) is 3.01. The van der Waals surface area contributed by atoms with Crippen LogP contribution in [0.15, 0.2) is 16.7 Å². The molecule has 1 fully saturated rings. The number of aromatic nitrogens is 2. The van der Waals surface area contributed by atoms with E-state index in [1.54, 1.807) is 11.8 Å². The molecular weight excluding hydrogens is 298 g/mol. The molecule has 2 heterocycles. The van der Waals surface area contributed by atoms with Gasteiger partial charge in [0, 0.05) is 19.0 Å². The number of carboxylic acid groups (broad SMARTS) is 1. The number of amides is 1. The van der Waals surface area contributed by atoms with Crippen LogP contribution in [0.1, 0.15) is 49.7 Å². The molecule has 0 aromatic carbocycles. The minimum Gasteiger partial charge on any atom is -0.480 e. The molecule has 1 unspecified atom stereocenters. The molecule has 1 aliphatic heterocycles. The van der Waals surface area contributed by atoms with Gasteiger partial charge in [-0.3, -0.25) is 9.59 Å². The van der Waals surface area contributed by atoms with Crippen LogP contribution in [0, 0.1) is 12.3 Å². The van der Waals surface area contributed by atoms with Crippen LogP contribution in [-0.4, -0.2) is 45.1 Å². The van der Waals surface area contributed by atoms with Crippen LogP contribution in [0.4, 0.5) is 0 Å². The van der Waals surface area contributed by atoms with Crippen LogP contribution < -0.4 is 0 Å². The molecule has 1 aliphatic carbocycles. The van der Waals surface area contributed by atoms with Crippen LogP contribution in [0.5, 0.6) is 0 Å². The first kappa shape index (κ1) is 15.7. The summed E-state index contributed by atoms with van der Waals surface area (Å²) in [7, 11) is 0. The molecule has 7 heteroatoms. The summed E-state index contributed by atoms with van der Waals surface area (Å²) < 4.78 is 5.21. The van der Waals surface area contributed by atoms with E-state index in [0.29, 0.717) is 37.6 Å². The van der Waals surface area contributed by atoms with E-state index in [0.717, 1.165) is 12.8 Å². The van der Waals surface area contributed by atoms with Gasteiger partial charge in [0.1, 0.15) is 5.41 Å². The molecule has 3 rings (SSSR count). The number of allylic oxidation sites excluding steroid dienone is 2. The van der Waals surface area contributed by atoms with Crippen LogP contribution in [0.2, 0.25) is 0 Å². The van der Waals surface area contributed by atoms with E-state index in [9.17, 15) is 14.7 Å². The van der Waals surface area contributed by atoms with E-state index in [4.69, 9.17) is 4.52 Å². The van der Waals surface area contributed by atoms with Crippen LogP contribution in [0.3, 0.4) is 0 Å². The van der Waals surface area contributed by atoms with Crippen molar-refractivity contribution in [2.45, 2.75) is 44.9 Å². The number of aliphatic carboxylic acids is 1. The average molecular weight is 319 g/mol. The molecule has 1 aromatic rings. The quantitative estimate of drug-likeness (QED) is 0.675. The molecule has 23 heavy (non-hydrogen) atoms. The van der Waals surface area contributed by atoms with Gasteiger partial charge in [0.2, 0.25) is 11.8 Å². The van der Waals surface area contributed by atoms with E-state index in [1.807, 2.05) is 12.2 Å². The van der Waals surface area contributed by atoms with Gasteiger partial charge in [0.15, 0.2) is 5.82 Å². The van der Waals surface area contributed by atoms with Crippen molar-refractivity contribution in [2.24, 2.45) is 5.41 Å². The van der Waals surface area contributed by atoms with Crippen molar-refractivity contribution >= 4 is 11.9 Å². The van der Waals surface area contributed by atoms with Gasteiger partial charge in [-0.15, -0.1) is 0 Å². The monoisotopic (exact) mass is 319 g/mol. The number of carbonyl (C=O) groups excluding carboxylic acids is 1. The summed E-state index contributed by atoms with van der Waals surface area (Å²) in [5.41, 5.74) is -1.29. The molecular formula is C16H21N3O4. The predicted molar refractivity (Wildman–Crippen MR) is 80.6 cm³/mol. The third kappa shape index (κ3) is 2.87. The Kier molecular flexibility index (Phi) is 4.19. The molecule has 1 saturated heterocycles. The van der Waals surface area contributed by atoms with Crippen molar-refractivity contribution in [3.8, 4) is 0 Å². The second kappa shape index (κ2) is 6.14. The number of piperidine rings is 1. The maximum Gasteiger partial charge on any atom is 0.319 e. The first-order valence-corrected chi connectivity index (χ1v) is 8.01. The normalized spacial score (nSPS) is 25.5. The summed E-state index contributed by atoms with van der Waals surface area (Å²) in [6.45, 7) is 2.84. The Hall–Kier alpha value is -2.18. The van der Waals surface area contributed by atoms with Crippen molar-refractivity contribution in [1.82, 2.24) is 15.0 Å². The van der Waals surface area contributed by atoms with E-state index in [-0.39, 0.29) is 18.2 Å². The topological polar surface area (TPSA) is 96.5 Å². The van der Waals surface area contributed by atoms with Crippen LogP contribution in [0.25, 0.3) is 0 Å². The Morgan fingerprint density at radius 1 is 1.35 bits per heavy atom. The smallest absolute Gasteiger partial charge is 0.319 e. The third-order valence-corrected chi connectivity index (χ3v) is 4.86. The fourth-order valence-corrected chi connectivity index (χ4v) is 3.43. The molecule has 0 radical (unpaired) electrons. The standard InChI is InChI=1S/C16H21N3O4/c1-11-17-13(23-18-11)12-5-9-19(10-6-12)14(20)16(15(21)22)7-3-2-4-8-16/h2-3,12H,4-10H2,1H3,(H,21,22). The van der Waals surface area contributed by atoms with Gasteiger partial charge in [0.05, 0.1) is 0 Å². The van der Waals surface area contributed by atoms with Crippen LogP contribution >= 0.6 is 0 Å². The van der Waals surface area contributed by atoms with E-state index in [1.165, 1.54) is 0 Å². The van der Waals surface area contributed by atoms with Gasteiger partial charge in [0.25, 0.3) is 0 Å². The number of carbonyl (C=O) groups is 2. The SMILES string of the molecule is Cc1noc(C2CCN(C(=O)C3(C(=O)O)CC=CCC3)CC2)n1. The van der Waals surface area contributed by atoms with Crippen molar-refractivity contribution in [3.05, 3.63) is 23.9 Å². The van der Waals surface area contributed by atoms with Gasteiger partial charge in [-0.05, 0) is 39.0 Å². The predicted octanol–water partition coefficient (Wildman–Crippen LogP) is 1.90. The lowest BCUT2D eigenvalue weighted by molar-refractivity contribution is -0.162. The molecule has 0 bridgehead atoms. The van der Waals surface area contributed by atoms with Crippen molar-refractivity contribution in [3.63, 3.8) is 0 Å². The zero-order valence-corrected chi connectivity index (χ0v) is 13.2. The summed E-state index contributed by atoms with van der Waals surface area (Å²) in [5.74, 6) is 0.101. The van der Waals surface area contributed by atoms with Crippen molar-refractivity contribution < 1.29 is 19.2 Å². The Morgan fingerprint density at radius 3 is 2.61 bits per heavy atom. The second-order valence-electron chi connectivity index (χ2n) is 6.35. The summed E-state index contributed by atoms with van der Waals surface area (Å²) in [5, 5.41) is 13.4. The first-order chi connectivity index (χ1) is 11.0. The summed E-state index contributed by atoms with van der Waals surface area (Å²) in [6, 6.07) is 0. The lowest BCUT2D eigenvalue weighted by atomic mass is 9.75. The zero-order chi connectivity index (χ0) is 16.4. The number of carboxylic acids is 1. The van der Waals surface area contributed by atoms with E-state index >= 15 is 0 Å². The Labute approximate surface area is 134 Å². The molecule has 0 spiro atoms. The molecule has 0 saturated carbocycles. The summed E-state index contributed by atoms with van der Waals surface area (Å²) in [4.78, 5) is 30.5. The number of hydrogen-bond donors (Lipinski definition) is 1. The summed E-state index contributed by atoms with van der Waals surface area (Å²) >= 11 is 0. The number of nitrogens with zero attached hydrogens (tertiary/aromatic N) is 3. The van der Waals surface area contributed by atoms with Gasteiger partial charge < -0.3 is 14.5 Å². The molecule has 1 atom stereocenters. The highest BCUT2D eigenvalue weighted by atomic mass is 16.5. The molecule has 1 amide bonds. The highest BCUT2D eigenvalue weighted by Crippen LogP contribution is 2.37. The van der Waals surface area contributed by atoms with Gasteiger partial charge >= 0.3 is 5.97 Å². The van der Waals surface area contributed by atoms with E-state index in [2.05, 4.69) is 10.1 Å². The van der Waals surface area contributed by atoms with Gasteiger partial charge in [-0.2, -0.15) is 4.98 Å². The minimum absolute atomic E-state index is 0.146. The third-order valence-electron chi connectivity index (χ3n) is 4.86. The maximum absolute atomic E-state index is 12.8. The lowest BCUT2D eigenvalue weighted by Crippen LogP contribution is -2.51. The Bertz CT molecular complexity index is 631. The van der Waals surface area contributed by atoms with Crippen molar-refractivity contribution in [2.75, 3.05) is 13.1 Å². The summed E-state index contributed by atoms with van der Waals surface area (Å²) in [6.07, 6.45) is 6.49. The largest absolute Gasteiger partial charge is 0.480 e. The van der Waals surface area contributed by atoms with Gasteiger partial charge in [-0.1, -0.05) is 17.3 Å². The zero-order valence-electron chi connectivity index (χ0n) is 13.2. The lowest BCUT2D eigenvalue weighted by Gasteiger charge is -2.38. The Balaban J connectivity index is 1.68. The molecule has 1 aromatic heterocycles. The number of rotatable bonds is 3. The van der Waals surface area contributed by atoms with Crippen LogP contribution in [-0.2, 0) is 9.59 Å². The second-order valence-corrected chi connectivity index (χ2v) is 6.35. The molecule has 2 aliphatic rings. The fraction of sp³-hybridized carbons (Fsp3) is 0.625. The van der Waals surface area contributed by atoms with Crippen molar-refractivity contribution in [1.29, 1.82) is 0 Å².